The lowest BCUT2D eigenvalue weighted by Gasteiger charge is -2.30. The van der Waals surface area contributed by atoms with E-state index in [-0.39, 0.29) is 29.2 Å². The number of aromatic nitrogens is 2. The molecule has 1 saturated heterocycles. The Hall–Kier alpha value is -3.36. The summed E-state index contributed by atoms with van der Waals surface area (Å²) in [6, 6.07) is 9.40. The van der Waals surface area contributed by atoms with Gasteiger partial charge in [0, 0.05) is 45.7 Å². The van der Waals surface area contributed by atoms with Gasteiger partial charge in [0.15, 0.2) is 11.5 Å². The number of benzene rings is 1. The largest absolute Gasteiger partial charge is 0.461 e. The predicted molar refractivity (Wildman–Crippen MR) is 127 cm³/mol. The molecule has 9 nitrogen and oxygen atoms in total. The molecule has 1 aromatic heterocycles. The minimum absolute atomic E-state index is 0.0169. The van der Waals surface area contributed by atoms with Gasteiger partial charge in [-0.2, -0.15) is 4.98 Å². The molecule has 1 aliphatic heterocycles. The van der Waals surface area contributed by atoms with Crippen molar-refractivity contribution in [2.24, 2.45) is 5.92 Å². The normalized spacial score (nSPS) is 14.1. The second-order valence-electron chi connectivity index (χ2n) is 8.43. The summed E-state index contributed by atoms with van der Waals surface area (Å²) >= 11 is 0. The number of para-hydroxylation sites is 1. The van der Waals surface area contributed by atoms with Crippen LogP contribution in [0.4, 0.5) is 11.8 Å². The second-order valence-corrected chi connectivity index (χ2v) is 8.43. The van der Waals surface area contributed by atoms with E-state index in [0.717, 1.165) is 18.5 Å². The van der Waals surface area contributed by atoms with Crippen molar-refractivity contribution in [1.29, 1.82) is 0 Å². The molecule has 1 aliphatic rings. The molecule has 178 valence electrons. The first-order valence-corrected chi connectivity index (χ1v) is 11.4. The Labute approximate surface area is 194 Å². The number of esters is 1. The topological polar surface area (TPSA) is 96.8 Å². The quantitative estimate of drug-likeness (QED) is 0.485. The number of hydrogen-bond donors (Lipinski definition) is 1. The number of nitrogens with zero attached hydrogens (tertiary/aromatic N) is 4. The Morgan fingerprint density at radius 2 is 1.82 bits per heavy atom. The number of rotatable bonds is 8. The molecule has 2 aromatic rings. The Balaban J connectivity index is 1.94. The molecule has 2 heterocycles. The highest BCUT2D eigenvalue weighted by Crippen LogP contribution is 2.29. The molecule has 9 heteroatoms. The Morgan fingerprint density at radius 3 is 2.39 bits per heavy atom. The third-order valence-electron chi connectivity index (χ3n) is 5.75. The van der Waals surface area contributed by atoms with Gasteiger partial charge < -0.3 is 19.9 Å². The summed E-state index contributed by atoms with van der Waals surface area (Å²) in [6.07, 6.45) is 2.79. The second kappa shape index (κ2) is 11.0. The number of carbonyl (C=O) groups excluding carboxylic acids is 3. The summed E-state index contributed by atoms with van der Waals surface area (Å²) in [4.78, 5) is 46.0. The van der Waals surface area contributed by atoms with Gasteiger partial charge in [-0.1, -0.05) is 31.5 Å². The van der Waals surface area contributed by atoms with E-state index in [1.54, 1.807) is 14.4 Å². The number of anilines is 2. The van der Waals surface area contributed by atoms with Crippen LogP contribution in [0.5, 0.6) is 0 Å². The molecule has 0 unspecified atom stereocenters. The fourth-order valence-corrected chi connectivity index (χ4v) is 3.86. The van der Waals surface area contributed by atoms with Gasteiger partial charge >= 0.3 is 5.97 Å². The summed E-state index contributed by atoms with van der Waals surface area (Å²) in [5.74, 6) is -0.288. The van der Waals surface area contributed by atoms with Crippen molar-refractivity contribution in [2.45, 2.75) is 39.5 Å². The Kier molecular flexibility index (Phi) is 8.08. The zero-order chi connectivity index (χ0) is 24.0. The number of piperidine rings is 1. The van der Waals surface area contributed by atoms with Gasteiger partial charge in [-0.3, -0.25) is 14.2 Å². The van der Waals surface area contributed by atoms with Crippen molar-refractivity contribution in [3.63, 3.8) is 0 Å². The summed E-state index contributed by atoms with van der Waals surface area (Å²) in [6.45, 7) is 4.94. The van der Waals surface area contributed by atoms with Gasteiger partial charge in [-0.25, -0.2) is 4.79 Å². The SMILES string of the molecule is CCCCOC(=O)c1c(NC(=O)C2CCN(C(C)=O)CC2)nc(N(C)C)n1-c1ccccc1. The van der Waals surface area contributed by atoms with Crippen LogP contribution in [0.25, 0.3) is 5.69 Å². The van der Waals surface area contributed by atoms with E-state index in [1.165, 1.54) is 6.92 Å². The van der Waals surface area contributed by atoms with Crippen LogP contribution in [-0.4, -0.2) is 66.0 Å². The monoisotopic (exact) mass is 455 g/mol. The van der Waals surface area contributed by atoms with Gasteiger partial charge in [0.2, 0.25) is 17.8 Å². The van der Waals surface area contributed by atoms with Crippen LogP contribution in [0.3, 0.4) is 0 Å². The zero-order valence-electron chi connectivity index (χ0n) is 19.8. The number of imidazole rings is 1. The van der Waals surface area contributed by atoms with E-state index in [0.29, 0.717) is 38.5 Å². The van der Waals surface area contributed by atoms with Gasteiger partial charge in [0.05, 0.1) is 6.61 Å². The van der Waals surface area contributed by atoms with Crippen molar-refractivity contribution in [3.8, 4) is 5.69 Å². The molecule has 0 aliphatic carbocycles. The maximum atomic E-state index is 13.1. The van der Waals surface area contributed by atoms with Crippen LogP contribution in [0.15, 0.2) is 30.3 Å². The molecule has 1 fully saturated rings. The fourth-order valence-electron chi connectivity index (χ4n) is 3.86. The third-order valence-corrected chi connectivity index (χ3v) is 5.75. The Bertz CT molecular complexity index is 978. The highest BCUT2D eigenvalue weighted by molar-refractivity contribution is 6.01. The summed E-state index contributed by atoms with van der Waals surface area (Å²) in [5, 5.41) is 2.88. The van der Waals surface area contributed by atoms with Crippen molar-refractivity contribution in [3.05, 3.63) is 36.0 Å². The summed E-state index contributed by atoms with van der Waals surface area (Å²) in [5.41, 5.74) is 0.932. The number of carbonyl (C=O) groups is 3. The first kappa shape index (κ1) is 24.3. The van der Waals surface area contributed by atoms with Gasteiger partial charge in [0.25, 0.3) is 0 Å². The average Bonchev–Trinajstić information content (AvgIpc) is 3.19. The van der Waals surface area contributed by atoms with E-state index in [4.69, 9.17) is 4.74 Å². The first-order chi connectivity index (χ1) is 15.8. The number of nitrogens with one attached hydrogen (secondary N) is 1. The third kappa shape index (κ3) is 5.71. The van der Waals surface area contributed by atoms with E-state index in [2.05, 4.69) is 10.3 Å². The molecular formula is C24H33N5O4. The minimum atomic E-state index is -0.533. The van der Waals surface area contributed by atoms with E-state index < -0.39 is 5.97 Å². The molecule has 2 amide bonds. The van der Waals surface area contributed by atoms with E-state index >= 15 is 0 Å². The Morgan fingerprint density at radius 1 is 1.15 bits per heavy atom. The molecule has 0 atom stereocenters. The molecule has 33 heavy (non-hydrogen) atoms. The smallest absolute Gasteiger partial charge is 0.359 e. The maximum Gasteiger partial charge on any atom is 0.359 e. The van der Waals surface area contributed by atoms with Gasteiger partial charge in [-0.15, -0.1) is 0 Å². The zero-order valence-corrected chi connectivity index (χ0v) is 19.8. The lowest BCUT2D eigenvalue weighted by Crippen LogP contribution is -2.40. The number of amides is 2. The predicted octanol–water partition coefficient (Wildman–Crippen LogP) is 3.09. The maximum absolute atomic E-state index is 13.1. The molecule has 3 rings (SSSR count). The fraction of sp³-hybridized carbons (Fsp3) is 0.500. The van der Waals surface area contributed by atoms with Crippen LogP contribution in [0, 0.1) is 5.92 Å². The molecule has 0 saturated carbocycles. The van der Waals surface area contributed by atoms with Crippen LogP contribution in [0.1, 0.15) is 50.0 Å². The number of ether oxygens (including phenoxy) is 1. The highest BCUT2D eigenvalue weighted by atomic mass is 16.5. The lowest BCUT2D eigenvalue weighted by atomic mass is 9.96. The summed E-state index contributed by atoms with van der Waals surface area (Å²) in [7, 11) is 3.66. The molecule has 1 N–H and O–H groups in total. The van der Waals surface area contributed by atoms with Crippen molar-refractivity contribution in [1.82, 2.24) is 14.5 Å². The standard InChI is InChI=1S/C24H33N5O4/c1-5-6-16-33-23(32)20-21(25-22(31)18-12-14-28(15-13-18)17(2)30)26-24(27(3)4)29(20)19-10-8-7-9-11-19/h7-11,18H,5-6,12-16H2,1-4H3,(H,25,31). The number of unbranched alkanes of at least 4 members (excludes halogenated alkanes) is 1. The average molecular weight is 456 g/mol. The molecular weight excluding hydrogens is 422 g/mol. The van der Waals surface area contributed by atoms with Crippen LogP contribution in [-0.2, 0) is 14.3 Å². The highest BCUT2D eigenvalue weighted by Gasteiger charge is 2.31. The van der Waals surface area contributed by atoms with Crippen LogP contribution in [0.2, 0.25) is 0 Å². The lowest BCUT2D eigenvalue weighted by molar-refractivity contribution is -0.132. The van der Waals surface area contributed by atoms with Gasteiger partial charge in [0.1, 0.15) is 0 Å². The van der Waals surface area contributed by atoms with Gasteiger partial charge in [-0.05, 0) is 31.4 Å². The number of likely N-dealkylation sites (tertiary alicyclic amines) is 1. The van der Waals surface area contributed by atoms with E-state index in [1.807, 2.05) is 51.4 Å². The van der Waals surface area contributed by atoms with Crippen molar-refractivity contribution in [2.75, 3.05) is 44.0 Å². The van der Waals surface area contributed by atoms with Crippen molar-refractivity contribution >= 4 is 29.5 Å². The molecule has 0 bridgehead atoms. The summed E-state index contributed by atoms with van der Waals surface area (Å²) < 4.78 is 7.23. The van der Waals surface area contributed by atoms with Crippen LogP contribution >= 0.6 is 0 Å². The van der Waals surface area contributed by atoms with E-state index in [9.17, 15) is 14.4 Å². The molecule has 0 radical (unpaired) electrons. The van der Waals surface area contributed by atoms with Crippen molar-refractivity contribution < 1.29 is 19.1 Å². The number of hydrogen-bond acceptors (Lipinski definition) is 6. The molecule has 0 spiro atoms. The molecule has 1 aromatic carbocycles. The first-order valence-electron chi connectivity index (χ1n) is 11.4. The minimum Gasteiger partial charge on any atom is -0.461 e. The van der Waals surface area contributed by atoms with Crippen LogP contribution < -0.4 is 10.2 Å².